The van der Waals surface area contributed by atoms with Gasteiger partial charge in [0.25, 0.3) is 0 Å². The van der Waals surface area contributed by atoms with Crippen LogP contribution in [0.25, 0.3) is 0 Å². The van der Waals surface area contributed by atoms with E-state index < -0.39 is 35.6 Å². The summed E-state index contributed by atoms with van der Waals surface area (Å²) in [5.74, 6) is 0. The second kappa shape index (κ2) is 8.05. The fourth-order valence-corrected chi connectivity index (χ4v) is 2.21. The molecule has 0 radical (unpaired) electrons. The number of carbonyl (C=O) groups excluding carboxylic acids is 1. The summed E-state index contributed by atoms with van der Waals surface area (Å²) in [7, 11) is 0. The van der Waals surface area contributed by atoms with Crippen LogP contribution in [0, 0.1) is 6.92 Å². The molecule has 0 aliphatic carbocycles. The largest absolute Gasteiger partial charge is 0.444 e. The number of aliphatic hydroxyl groups is 2. The smallest absolute Gasteiger partial charge is 0.416 e. The van der Waals surface area contributed by atoms with Crippen molar-refractivity contribution in [3.63, 3.8) is 0 Å². The average molecular weight is 363 g/mol. The van der Waals surface area contributed by atoms with E-state index in [-0.39, 0.29) is 24.1 Å². The van der Waals surface area contributed by atoms with Crippen LogP contribution in [0.3, 0.4) is 0 Å². The highest BCUT2D eigenvalue weighted by Crippen LogP contribution is 2.33. The maximum Gasteiger partial charge on any atom is 0.416 e. The third kappa shape index (κ3) is 6.91. The third-order valence-electron chi connectivity index (χ3n) is 3.37. The number of halogens is 3. The van der Waals surface area contributed by atoms with Crippen LogP contribution in [0.5, 0.6) is 0 Å². The highest BCUT2D eigenvalue weighted by atomic mass is 19.4. The fraction of sp³-hybridized carbons (Fsp3) is 0.588. The van der Waals surface area contributed by atoms with Gasteiger partial charge in [0, 0.05) is 6.54 Å². The Bertz CT molecular complexity index is 597. The SMILES string of the molecule is Cc1cc(C(O)C(O)CCNC(=O)OC(C)(C)C)ccc1C(F)(F)F. The molecule has 25 heavy (non-hydrogen) atoms. The first-order valence-electron chi connectivity index (χ1n) is 7.82. The van der Waals surface area contributed by atoms with Crippen LogP contribution in [-0.4, -0.2) is 34.6 Å². The Morgan fingerprint density at radius 1 is 1.24 bits per heavy atom. The number of benzene rings is 1. The fourth-order valence-electron chi connectivity index (χ4n) is 2.21. The van der Waals surface area contributed by atoms with Gasteiger partial charge in [0.2, 0.25) is 0 Å². The van der Waals surface area contributed by atoms with E-state index in [9.17, 15) is 28.2 Å². The van der Waals surface area contributed by atoms with Gasteiger partial charge in [-0.2, -0.15) is 13.2 Å². The summed E-state index contributed by atoms with van der Waals surface area (Å²) < 4.78 is 43.2. The van der Waals surface area contributed by atoms with Crippen molar-refractivity contribution in [3.05, 3.63) is 34.9 Å². The number of alkyl halides is 3. The lowest BCUT2D eigenvalue weighted by Crippen LogP contribution is -2.34. The van der Waals surface area contributed by atoms with E-state index in [4.69, 9.17) is 4.74 Å². The Morgan fingerprint density at radius 3 is 2.32 bits per heavy atom. The van der Waals surface area contributed by atoms with Crippen molar-refractivity contribution in [2.75, 3.05) is 6.54 Å². The number of nitrogens with one attached hydrogen (secondary N) is 1. The topological polar surface area (TPSA) is 78.8 Å². The van der Waals surface area contributed by atoms with Crippen LogP contribution < -0.4 is 5.32 Å². The molecule has 0 saturated heterocycles. The molecular weight excluding hydrogens is 339 g/mol. The lowest BCUT2D eigenvalue weighted by atomic mass is 9.97. The van der Waals surface area contributed by atoms with Gasteiger partial charge in [0.1, 0.15) is 11.7 Å². The number of alkyl carbamates (subject to hydrolysis) is 1. The van der Waals surface area contributed by atoms with Crippen molar-refractivity contribution in [2.24, 2.45) is 0 Å². The summed E-state index contributed by atoms with van der Waals surface area (Å²) in [5.41, 5.74) is -1.30. The summed E-state index contributed by atoms with van der Waals surface area (Å²) in [4.78, 5) is 11.5. The quantitative estimate of drug-likeness (QED) is 0.750. The number of amides is 1. The summed E-state index contributed by atoms with van der Waals surface area (Å²) in [6.07, 6.45) is -7.71. The number of aliphatic hydroxyl groups excluding tert-OH is 2. The molecule has 1 aromatic carbocycles. The van der Waals surface area contributed by atoms with E-state index in [0.717, 1.165) is 12.1 Å². The van der Waals surface area contributed by atoms with E-state index in [1.54, 1.807) is 20.8 Å². The van der Waals surface area contributed by atoms with E-state index >= 15 is 0 Å². The zero-order valence-electron chi connectivity index (χ0n) is 14.6. The molecule has 0 spiro atoms. The van der Waals surface area contributed by atoms with Crippen molar-refractivity contribution in [3.8, 4) is 0 Å². The molecule has 0 aliphatic heterocycles. The summed E-state index contributed by atoms with van der Waals surface area (Å²) in [6, 6.07) is 3.20. The second-order valence-electron chi connectivity index (χ2n) is 6.80. The Balaban J connectivity index is 2.61. The van der Waals surface area contributed by atoms with E-state index in [0.29, 0.717) is 0 Å². The molecule has 0 bridgehead atoms. The van der Waals surface area contributed by atoms with Crippen molar-refractivity contribution >= 4 is 6.09 Å². The average Bonchev–Trinajstić information content (AvgIpc) is 2.42. The number of hydrogen-bond donors (Lipinski definition) is 3. The lowest BCUT2D eigenvalue weighted by molar-refractivity contribution is -0.138. The monoisotopic (exact) mass is 363 g/mol. The van der Waals surface area contributed by atoms with Crippen molar-refractivity contribution in [1.82, 2.24) is 5.32 Å². The molecule has 2 atom stereocenters. The van der Waals surface area contributed by atoms with E-state index in [1.807, 2.05) is 0 Å². The predicted molar refractivity (Wildman–Crippen MR) is 86.0 cm³/mol. The highest BCUT2D eigenvalue weighted by Gasteiger charge is 2.32. The number of carbonyl (C=O) groups is 1. The van der Waals surface area contributed by atoms with Crippen LogP contribution in [0.1, 0.15) is 50.0 Å². The molecular formula is C17H24F3NO4. The second-order valence-corrected chi connectivity index (χ2v) is 6.80. The molecule has 0 aliphatic rings. The van der Waals surface area contributed by atoms with Gasteiger partial charge in [-0.3, -0.25) is 0 Å². The first-order valence-corrected chi connectivity index (χ1v) is 7.82. The number of rotatable bonds is 5. The first kappa shape index (κ1) is 21.2. The van der Waals surface area contributed by atoms with E-state index in [1.165, 1.54) is 13.0 Å². The van der Waals surface area contributed by atoms with Crippen molar-refractivity contribution < 1.29 is 32.9 Å². The van der Waals surface area contributed by atoms with Gasteiger partial charge in [-0.15, -0.1) is 0 Å². The van der Waals surface area contributed by atoms with Crippen LogP contribution in [0.4, 0.5) is 18.0 Å². The highest BCUT2D eigenvalue weighted by molar-refractivity contribution is 5.67. The van der Waals surface area contributed by atoms with Gasteiger partial charge in [-0.25, -0.2) is 4.79 Å². The molecule has 0 heterocycles. The maximum absolute atomic E-state index is 12.7. The van der Waals surface area contributed by atoms with Crippen LogP contribution in [0.2, 0.25) is 0 Å². The third-order valence-corrected chi connectivity index (χ3v) is 3.37. The van der Waals surface area contributed by atoms with E-state index in [2.05, 4.69) is 5.32 Å². The first-order chi connectivity index (χ1) is 11.3. The van der Waals surface area contributed by atoms with Crippen LogP contribution in [0.15, 0.2) is 18.2 Å². The Labute approximate surface area is 144 Å². The minimum atomic E-state index is -4.47. The Hall–Kier alpha value is -1.80. The lowest BCUT2D eigenvalue weighted by Gasteiger charge is -2.22. The summed E-state index contributed by atoms with van der Waals surface area (Å²) in [6.45, 7) is 6.45. The van der Waals surface area contributed by atoms with Crippen molar-refractivity contribution in [2.45, 2.75) is 58.1 Å². The molecule has 8 heteroatoms. The standard InChI is InChI=1S/C17H24F3NO4/c1-10-9-11(5-6-12(10)17(18,19)20)14(23)13(22)7-8-21-15(24)25-16(2,3)4/h5-6,9,13-14,22-23H,7-8H2,1-4H3,(H,21,24). The minimum absolute atomic E-state index is 0.0144. The molecule has 0 saturated carbocycles. The normalized spacial score (nSPS) is 14.8. The molecule has 3 N–H and O–H groups in total. The minimum Gasteiger partial charge on any atom is -0.444 e. The molecule has 0 fully saturated rings. The Kier molecular flexibility index (Phi) is 6.84. The molecule has 1 aromatic rings. The molecule has 0 aromatic heterocycles. The van der Waals surface area contributed by atoms with Gasteiger partial charge in [-0.1, -0.05) is 12.1 Å². The van der Waals surface area contributed by atoms with Gasteiger partial charge < -0.3 is 20.3 Å². The zero-order valence-corrected chi connectivity index (χ0v) is 14.6. The molecule has 5 nitrogen and oxygen atoms in total. The van der Waals surface area contributed by atoms with Crippen molar-refractivity contribution in [1.29, 1.82) is 0 Å². The summed E-state index contributed by atoms with van der Waals surface area (Å²) >= 11 is 0. The summed E-state index contributed by atoms with van der Waals surface area (Å²) in [5, 5.41) is 22.5. The molecule has 142 valence electrons. The van der Waals surface area contributed by atoms with Crippen LogP contribution in [-0.2, 0) is 10.9 Å². The van der Waals surface area contributed by atoms with Crippen LogP contribution >= 0.6 is 0 Å². The van der Waals surface area contributed by atoms with Gasteiger partial charge in [0.15, 0.2) is 0 Å². The maximum atomic E-state index is 12.7. The molecule has 2 unspecified atom stereocenters. The molecule has 1 rings (SSSR count). The van der Waals surface area contributed by atoms with Gasteiger partial charge in [0.05, 0.1) is 11.7 Å². The van der Waals surface area contributed by atoms with Gasteiger partial charge in [-0.05, 0) is 51.3 Å². The Morgan fingerprint density at radius 2 is 1.84 bits per heavy atom. The number of aryl methyl sites for hydroxylation is 1. The zero-order chi connectivity index (χ0) is 19.4. The number of ether oxygens (including phenoxy) is 1. The van der Waals surface area contributed by atoms with Gasteiger partial charge >= 0.3 is 12.3 Å². The number of hydrogen-bond acceptors (Lipinski definition) is 4. The predicted octanol–water partition coefficient (Wildman–Crippen LogP) is 3.32. The molecule has 1 amide bonds.